The van der Waals surface area contributed by atoms with Gasteiger partial charge in [0.05, 0.1) is 17.1 Å². The van der Waals surface area contributed by atoms with Gasteiger partial charge >= 0.3 is 0 Å². The van der Waals surface area contributed by atoms with Gasteiger partial charge in [-0.1, -0.05) is 12.1 Å². The smallest absolute Gasteiger partial charge is 0.289 e. The van der Waals surface area contributed by atoms with Crippen LogP contribution in [0.5, 0.6) is 0 Å². The molecule has 1 heterocycles. The summed E-state index contributed by atoms with van der Waals surface area (Å²) < 4.78 is 33.1. The number of nitro groups is 1. The average molecular weight is 371 g/mol. The molecule has 2 unspecified atom stereocenters. The number of hydrogen-bond donors (Lipinski definition) is 1. The molecule has 0 aromatic heterocycles. The second-order valence-electron chi connectivity index (χ2n) is 6.45. The van der Waals surface area contributed by atoms with E-state index in [0.29, 0.717) is 12.0 Å². The number of aryl methyl sites for hydroxylation is 1. The van der Waals surface area contributed by atoms with Crippen LogP contribution in [-0.2, 0) is 14.8 Å². The third-order valence-electron chi connectivity index (χ3n) is 4.09. The molecular formula is C16H25N3O5S. The topological polar surface area (TPSA) is 102 Å². The lowest BCUT2D eigenvalue weighted by atomic mass is 10.2. The molecule has 25 heavy (non-hydrogen) atoms. The fraction of sp³-hybridized carbons (Fsp3) is 0.625. The van der Waals surface area contributed by atoms with E-state index in [9.17, 15) is 18.5 Å². The van der Waals surface area contributed by atoms with Crippen LogP contribution in [0.4, 0.5) is 5.69 Å². The molecule has 0 aliphatic carbocycles. The van der Waals surface area contributed by atoms with Gasteiger partial charge in [-0.3, -0.25) is 15.0 Å². The van der Waals surface area contributed by atoms with Crippen LogP contribution in [0.3, 0.4) is 0 Å². The van der Waals surface area contributed by atoms with Gasteiger partial charge in [0.15, 0.2) is 4.90 Å². The Morgan fingerprint density at radius 2 is 1.96 bits per heavy atom. The fourth-order valence-corrected chi connectivity index (χ4v) is 4.65. The van der Waals surface area contributed by atoms with Gasteiger partial charge < -0.3 is 4.74 Å². The third-order valence-corrected chi connectivity index (χ3v) is 5.75. The lowest BCUT2D eigenvalue weighted by Gasteiger charge is -2.35. The van der Waals surface area contributed by atoms with Gasteiger partial charge in [0.25, 0.3) is 5.69 Å². The van der Waals surface area contributed by atoms with Crippen LogP contribution in [0.25, 0.3) is 0 Å². The van der Waals surface area contributed by atoms with E-state index in [0.717, 1.165) is 19.6 Å². The highest BCUT2D eigenvalue weighted by molar-refractivity contribution is 7.89. The largest absolute Gasteiger partial charge is 0.373 e. The van der Waals surface area contributed by atoms with Gasteiger partial charge in [-0.25, -0.2) is 13.1 Å². The molecule has 1 N–H and O–H groups in total. The first-order valence-corrected chi connectivity index (χ1v) is 9.80. The van der Waals surface area contributed by atoms with E-state index in [1.165, 1.54) is 12.1 Å². The average Bonchev–Trinajstić information content (AvgIpc) is 2.50. The molecule has 0 amide bonds. The molecule has 0 radical (unpaired) electrons. The summed E-state index contributed by atoms with van der Waals surface area (Å²) in [6.07, 6.45) is 0.948. The molecule has 2 atom stereocenters. The van der Waals surface area contributed by atoms with Gasteiger partial charge in [0.2, 0.25) is 10.0 Å². The van der Waals surface area contributed by atoms with Crippen molar-refractivity contribution in [2.24, 2.45) is 0 Å². The van der Waals surface area contributed by atoms with Crippen LogP contribution < -0.4 is 4.72 Å². The van der Waals surface area contributed by atoms with Crippen molar-refractivity contribution in [2.45, 2.75) is 44.3 Å². The van der Waals surface area contributed by atoms with Crippen molar-refractivity contribution in [3.63, 3.8) is 0 Å². The Balaban J connectivity index is 1.96. The second-order valence-corrected chi connectivity index (χ2v) is 8.15. The van der Waals surface area contributed by atoms with Crippen molar-refractivity contribution in [2.75, 3.05) is 26.2 Å². The first-order valence-electron chi connectivity index (χ1n) is 8.32. The summed E-state index contributed by atoms with van der Waals surface area (Å²) >= 11 is 0. The molecule has 0 bridgehead atoms. The number of ether oxygens (including phenoxy) is 1. The lowest BCUT2D eigenvalue weighted by Crippen LogP contribution is -2.46. The quantitative estimate of drug-likeness (QED) is 0.444. The Bertz CT molecular complexity index is 712. The highest BCUT2D eigenvalue weighted by Crippen LogP contribution is 2.26. The molecule has 1 aliphatic rings. The van der Waals surface area contributed by atoms with E-state index >= 15 is 0 Å². The molecule has 1 aromatic carbocycles. The van der Waals surface area contributed by atoms with Crippen molar-refractivity contribution in [1.29, 1.82) is 0 Å². The van der Waals surface area contributed by atoms with Crippen molar-refractivity contribution in [1.82, 2.24) is 9.62 Å². The molecule has 1 aliphatic heterocycles. The number of morpholine rings is 1. The number of nitrogens with zero attached hydrogens (tertiary/aromatic N) is 2. The molecule has 1 saturated heterocycles. The predicted octanol–water partition coefficient (Wildman–Crippen LogP) is 1.68. The highest BCUT2D eigenvalue weighted by Gasteiger charge is 2.27. The zero-order valence-corrected chi connectivity index (χ0v) is 15.6. The Kier molecular flexibility index (Phi) is 6.50. The fourth-order valence-electron chi connectivity index (χ4n) is 3.18. The SMILES string of the molecule is Cc1cccc([N+](=O)[O-])c1S(=O)(=O)NCCCN1CC(C)OC(C)C1. The zero-order chi connectivity index (χ0) is 18.6. The van der Waals surface area contributed by atoms with Gasteiger partial charge in [0.1, 0.15) is 0 Å². The van der Waals surface area contributed by atoms with Gasteiger partial charge in [0, 0.05) is 25.7 Å². The van der Waals surface area contributed by atoms with Crippen molar-refractivity contribution in [3.8, 4) is 0 Å². The maximum atomic E-state index is 12.5. The molecular weight excluding hydrogens is 346 g/mol. The van der Waals surface area contributed by atoms with Gasteiger partial charge in [-0.05, 0) is 39.3 Å². The van der Waals surface area contributed by atoms with E-state index in [-0.39, 0.29) is 23.6 Å². The van der Waals surface area contributed by atoms with Crippen LogP contribution in [0.1, 0.15) is 25.8 Å². The monoisotopic (exact) mass is 371 g/mol. The molecule has 1 aromatic rings. The number of rotatable bonds is 7. The second kappa shape index (κ2) is 8.22. The van der Waals surface area contributed by atoms with E-state index < -0.39 is 20.6 Å². The van der Waals surface area contributed by atoms with Crippen LogP contribution >= 0.6 is 0 Å². The van der Waals surface area contributed by atoms with Gasteiger partial charge in [-0.2, -0.15) is 0 Å². The standard InChI is InChI=1S/C16H25N3O5S/c1-12-6-4-7-15(19(20)21)16(12)25(22,23)17-8-5-9-18-10-13(2)24-14(3)11-18/h4,6-7,13-14,17H,5,8-11H2,1-3H3. The summed E-state index contributed by atoms with van der Waals surface area (Å²) in [5.41, 5.74) is -0.0409. The highest BCUT2D eigenvalue weighted by atomic mass is 32.2. The summed E-state index contributed by atoms with van der Waals surface area (Å²) in [5.74, 6) is 0. The summed E-state index contributed by atoms with van der Waals surface area (Å²) in [7, 11) is -3.93. The Morgan fingerprint density at radius 3 is 2.56 bits per heavy atom. The molecule has 0 spiro atoms. The normalized spacial score (nSPS) is 22.0. The summed E-state index contributed by atoms with van der Waals surface area (Å²) in [4.78, 5) is 12.4. The lowest BCUT2D eigenvalue weighted by molar-refractivity contribution is -0.387. The van der Waals surface area contributed by atoms with Crippen LogP contribution in [-0.4, -0.2) is 56.6 Å². The van der Waals surface area contributed by atoms with E-state index in [1.54, 1.807) is 13.0 Å². The van der Waals surface area contributed by atoms with Crippen molar-refractivity contribution in [3.05, 3.63) is 33.9 Å². The molecule has 0 saturated carbocycles. The van der Waals surface area contributed by atoms with Crippen LogP contribution in [0, 0.1) is 17.0 Å². The van der Waals surface area contributed by atoms with Crippen LogP contribution in [0.2, 0.25) is 0 Å². The number of nitrogens with one attached hydrogen (secondary N) is 1. The molecule has 140 valence electrons. The zero-order valence-electron chi connectivity index (χ0n) is 14.8. The third kappa shape index (κ3) is 5.21. The molecule has 9 heteroatoms. The summed E-state index contributed by atoms with van der Waals surface area (Å²) in [6, 6.07) is 4.24. The van der Waals surface area contributed by atoms with Crippen molar-refractivity contribution < 1.29 is 18.1 Å². The minimum Gasteiger partial charge on any atom is -0.373 e. The minimum atomic E-state index is -3.93. The molecule has 2 rings (SSSR count). The predicted molar refractivity (Wildman–Crippen MR) is 94.1 cm³/mol. The Labute approximate surface area is 148 Å². The van der Waals surface area contributed by atoms with Gasteiger partial charge in [-0.15, -0.1) is 0 Å². The first-order chi connectivity index (χ1) is 11.7. The van der Waals surface area contributed by atoms with Crippen LogP contribution in [0.15, 0.2) is 23.1 Å². The Hall–Kier alpha value is -1.55. The minimum absolute atomic E-state index is 0.162. The van der Waals surface area contributed by atoms with E-state index in [2.05, 4.69) is 9.62 Å². The Morgan fingerprint density at radius 1 is 1.32 bits per heavy atom. The number of hydrogen-bond acceptors (Lipinski definition) is 6. The van der Waals surface area contributed by atoms with E-state index in [1.807, 2.05) is 13.8 Å². The van der Waals surface area contributed by atoms with E-state index in [4.69, 9.17) is 4.74 Å². The number of benzene rings is 1. The maximum Gasteiger partial charge on any atom is 0.289 e. The number of nitro benzene ring substituents is 1. The maximum absolute atomic E-state index is 12.5. The number of sulfonamides is 1. The summed E-state index contributed by atoms with van der Waals surface area (Å²) in [6.45, 7) is 8.20. The first kappa shape index (κ1) is 19.8. The van der Waals surface area contributed by atoms with Crippen molar-refractivity contribution >= 4 is 15.7 Å². The summed E-state index contributed by atoms with van der Waals surface area (Å²) in [5, 5.41) is 11.1. The molecule has 8 nitrogen and oxygen atoms in total. The molecule has 1 fully saturated rings.